The lowest BCUT2D eigenvalue weighted by molar-refractivity contribution is -0.129. The van der Waals surface area contributed by atoms with Crippen LogP contribution in [-0.2, 0) is 19.6 Å². The van der Waals surface area contributed by atoms with E-state index in [1.165, 1.54) is 25.1 Å². The Hall–Kier alpha value is -2.39. The molecule has 1 aromatic heterocycles. The third-order valence-electron chi connectivity index (χ3n) is 3.24. The summed E-state index contributed by atoms with van der Waals surface area (Å²) in [5.41, 5.74) is 0.110. The summed E-state index contributed by atoms with van der Waals surface area (Å²) < 4.78 is 32.4. The number of ether oxygens (including phenoxy) is 1. The van der Waals surface area contributed by atoms with E-state index in [1.807, 2.05) is 0 Å². The molecule has 2 aromatic rings. The largest absolute Gasteiger partial charge is 0.449 e. The highest BCUT2D eigenvalue weighted by atomic mass is 32.2. The molecule has 0 unspecified atom stereocenters. The van der Waals surface area contributed by atoms with E-state index in [0.717, 1.165) is 11.3 Å². The Balaban J connectivity index is 2.18. The van der Waals surface area contributed by atoms with E-state index in [9.17, 15) is 18.0 Å². The number of rotatable bonds is 7. The summed E-state index contributed by atoms with van der Waals surface area (Å²) in [6, 6.07) is 9.06. The fourth-order valence-corrected chi connectivity index (χ4v) is 4.11. The smallest absolute Gasteiger partial charge is 0.341 e. The van der Waals surface area contributed by atoms with Crippen LogP contribution in [0.1, 0.15) is 31.1 Å². The molecule has 9 heteroatoms. The summed E-state index contributed by atoms with van der Waals surface area (Å²) in [4.78, 5) is 24.3. The molecule has 1 atom stereocenters. The number of benzene rings is 1. The Morgan fingerprint density at radius 3 is 2.38 bits per heavy atom. The van der Waals surface area contributed by atoms with Crippen molar-refractivity contribution in [3.05, 3.63) is 47.3 Å². The summed E-state index contributed by atoms with van der Waals surface area (Å²) in [6.45, 7) is 5.04. The van der Waals surface area contributed by atoms with Crippen molar-refractivity contribution in [2.24, 2.45) is 0 Å². The number of hydrogen-bond donors (Lipinski definition) is 2. The summed E-state index contributed by atoms with van der Waals surface area (Å²) in [7, 11) is -3.81. The first kappa shape index (κ1) is 19.9. The fraction of sp³-hybridized carbons (Fsp3) is 0.294. The molecule has 26 heavy (non-hydrogen) atoms. The minimum atomic E-state index is -3.81. The zero-order chi connectivity index (χ0) is 19.3. The molecule has 0 radical (unpaired) electrons. The summed E-state index contributed by atoms with van der Waals surface area (Å²) >= 11 is 1.06. The van der Waals surface area contributed by atoms with E-state index >= 15 is 0 Å². The van der Waals surface area contributed by atoms with Crippen molar-refractivity contribution in [2.75, 3.05) is 4.72 Å². The molecule has 1 amide bonds. The molecule has 0 saturated carbocycles. The zero-order valence-electron chi connectivity index (χ0n) is 14.6. The topological polar surface area (TPSA) is 102 Å². The Labute approximate surface area is 156 Å². The van der Waals surface area contributed by atoms with E-state index in [-0.39, 0.29) is 21.5 Å². The number of carbonyl (C=O) groups is 2. The van der Waals surface area contributed by atoms with Gasteiger partial charge in [-0.15, -0.1) is 11.3 Å². The van der Waals surface area contributed by atoms with Crippen LogP contribution in [0.5, 0.6) is 0 Å². The van der Waals surface area contributed by atoms with Crippen LogP contribution >= 0.6 is 11.3 Å². The molecular weight excluding hydrogens is 376 g/mol. The maximum absolute atomic E-state index is 12.4. The van der Waals surface area contributed by atoms with Crippen LogP contribution in [0.2, 0.25) is 0 Å². The molecule has 0 bridgehead atoms. The lowest BCUT2D eigenvalue weighted by Crippen LogP contribution is -2.39. The fourth-order valence-electron chi connectivity index (χ4n) is 2.04. The van der Waals surface area contributed by atoms with Gasteiger partial charge in [0, 0.05) is 6.04 Å². The van der Waals surface area contributed by atoms with Gasteiger partial charge in [0.2, 0.25) is 0 Å². The number of hydrogen-bond acceptors (Lipinski definition) is 6. The van der Waals surface area contributed by atoms with Crippen LogP contribution in [0.3, 0.4) is 0 Å². The average molecular weight is 396 g/mol. The lowest BCUT2D eigenvalue weighted by Gasteiger charge is -2.16. The van der Waals surface area contributed by atoms with Gasteiger partial charge in [0.15, 0.2) is 6.10 Å². The minimum Gasteiger partial charge on any atom is -0.449 e. The second-order valence-corrected chi connectivity index (χ2v) is 8.65. The maximum atomic E-state index is 12.4. The van der Waals surface area contributed by atoms with Gasteiger partial charge >= 0.3 is 5.97 Å². The number of para-hydroxylation sites is 1. The number of thiophene rings is 1. The van der Waals surface area contributed by atoms with E-state index in [4.69, 9.17) is 4.74 Å². The first-order valence-electron chi connectivity index (χ1n) is 7.87. The van der Waals surface area contributed by atoms with Crippen LogP contribution in [0.15, 0.2) is 46.0 Å². The van der Waals surface area contributed by atoms with Crippen LogP contribution in [0.4, 0.5) is 5.69 Å². The van der Waals surface area contributed by atoms with Gasteiger partial charge in [0.05, 0.1) is 11.3 Å². The molecule has 2 rings (SSSR count). The molecule has 0 aliphatic heterocycles. The second-order valence-electron chi connectivity index (χ2n) is 5.79. The summed E-state index contributed by atoms with van der Waals surface area (Å²) in [5.74, 6) is -1.22. The molecular formula is C17H20N2O5S2. The third kappa shape index (κ3) is 5.06. The number of esters is 1. The van der Waals surface area contributed by atoms with Gasteiger partial charge < -0.3 is 10.1 Å². The minimum absolute atomic E-state index is 0.0248. The Bertz CT molecular complexity index is 876. The Morgan fingerprint density at radius 2 is 1.77 bits per heavy atom. The van der Waals surface area contributed by atoms with Crippen LogP contribution in [0, 0.1) is 0 Å². The second kappa shape index (κ2) is 8.33. The van der Waals surface area contributed by atoms with Gasteiger partial charge in [-0.1, -0.05) is 18.2 Å². The number of anilines is 1. The highest BCUT2D eigenvalue weighted by molar-refractivity contribution is 7.94. The van der Waals surface area contributed by atoms with Crippen LogP contribution < -0.4 is 10.0 Å². The van der Waals surface area contributed by atoms with Gasteiger partial charge in [-0.2, -0.15) is 0 Å². The highest BCUT2D eigenvalue weighted by Crippen LogP contribution is 2.23. The van der Waals surface area contributed by atoms with Crippen molar-refractivity contribution in [3.63, 3.8) is 0 Å². The first-order valence-corrected chi connectivity index (χ1v) is 10.2. The van der Waals surface area contributed by atoms with Crippen molar-refractivity contribution >= 4 is 38.9 Å². The highest BCUT2D eigenvalue weighted by Gasteiger charge is 2.23. The predicted molar refractivity (Wildman–Crippen MR) is 99.7 cm³/mol. The standard InChI is InChI=1S/C17H20N2O5S2/c1-11(2)18-16(20)12(3)24-17(21)13-7-4-5-8-14(13)19-26(22,23)15-9-6-10-25-15/h4-12,19H,1-3H3,(H,18,20)/t12-/m1/s1. The molecule has 7 nitrogen and oxygen atoms in total. The number of amides is 1. The van der Waals surface area contributed by atoms with Gasteiger partial charge in [-0.05, 0) is 44.4 Å². The van der Waals surface area contributed by atoms with Crippen LogP contribution in [-0.4, -0.2) is 32.4 Å². The van der Waals surface area contributed by atoms with E-state index in [2.05, 4.69) is 10.0 Å². The Kier molecular flexibility index (Phi) is 6.38. The number of sulfonamides is 1. The van der Waals surface area contributed by atoms with Crippen molar-refractivity contribution in [1.82, 2.24) is 5.32 Å². The van der Waals surface area contributed by atoms with Crippen molar-refractivity contribution in [3.8, 4) is 0 Å². The van der Waals surface area contributed by atoms with Crippen molar-refractivity contribution in [1.29, 1.82) is 0 Å². The molecule has 140 valence electrons. The van der Waals surface area contributed by atoms with E-state index in [0.29, 0.717) is 0 Å². The quantitative estimate of drug-likeness (QED) is 0.701. The molecule has 1 heterocycles. The van der Waals surface area contributed by atoms with Gasteiger partial charge in [0.25, 0.3) is 15.9 Å². The lowest BCUT2D eigenvalue weighted by atomic mass is 10.2. The molecule has 0 aliphatic carbocycles. The SMILES string of the molecule is CC(C)NC(=O)[C@@H](C)OC(=O)c1ccccc1NS(=O)(=O)c1cccs1. The normalized spacial score (nSPS) is 12.5. The van der Waals surface area contributed by atoms with E-state index < -0.39 is 28.0 Å². The molecule has 1 aromatic carbocycles. The monoisotopic (exact) mass is 396 g/mol. The van der Waals surface area contributed by atoms with Crippen molar-refractivity contribution < 1.29 is 22.7 Å². The molecule has 0 fully saturated rings. The predicted octanol–water partition coefficient (Wildman–Crippen LogP) is 2.62. The first-order chi connectivity index (χ1) is 12.2. The van der Waals surface area contributed by atoms with E-state index in [1.54, 1.807) is 37.4 Å². The number of carbonyl (C=O) groups excluding carboxylic acids is 2. The molecule has 2 N–H and O–H groups in total. The van der Waals surface area contributed by atoms with Gasteiger partial charge in [0.1, 0.15) is 4.21 Å². The number of nitrogens with one attached hydrogen (secondary N) is 2. The van der Waals surface area contributed by atoms with Gasteiger partial charge in [-0.25, -0.2) is 13.2 Å². The summed E-state index contributed by atoms with van der Waals surface area (Å²) in [6.07, 6.45) is -1.01. The summed E-state index contributed by atoms with van der Waals surface area (Å²) in [5, 5.41) is 4.29. The van der Waals surface area contributed by atoms with Crippen molar-refractivity contribution in [2.45, 2.75) is 37.1 Å². The maximum Gasteiger partial charge on any atom is 0.341 e. The average Bonchev–Trinajstić information content (AvgIpc) is 3.09. The third-order valence-corrected chi connectivity index (χ3v) is 6.00. The van der Waals surface area contributed by atoms with Gasteiger partial charge in [-0.3, -0.25) is 9.52 Å². The molecule has 0 aliphatic rings. The van der Waals surface area contributed by atoms with Crippen LogP contribution in [0.25, 0.3) is 0 Å². The molecule has 0 spiro atoms. The Morgan fingerprint density at radius 1 is 1.08 bits per heavy atom. The molecule has 0 saturated heterocycles. The zero-order valence-corrected chi connectivity index (χ0v) is 16.2.